The lowest BCUT2D eigenvalue weighted by atomic mass is 10.7. The molecular weight excluding hydrogens is 138 g/mol. The minimum Gasteiger partial charge on any atom is -0.185 e. The van der Waals surface area contributed by atoms with Gasteiger partial charge < -0.3 is 0 Å². The van der Waals surface area contributed by atoms with Crippen molar-refractivity contribution >= 4 is 23.1 Å². The Labute approximate surface area is 56.0 Å². The molecule has 0 radical (unpaired) electrons. The van der Waals surface area contributed by atoms with E-state index < -0.39 is 0 Å². The molecule has 1 heterocycles. The van der Waals surface area contributed by atoms with Crippen LogP contribution in [0.2, 0.25) is 0 Å². The zero-order valence-electron chi connectivity index (χ0n) is 4.00. The van der Waals surface area contributed by atoms with Gasteiger partial charge in [0.15, 0.2) is 0 Å². The Morgan fingerprint density at radius 2 is 2.62 bits per heavy atom. The molecule has 0 aromatic carbocycles. The first kappa shape index (κ1) is 5.67. The van der Waals surface area contributed by atoms with Crippen molar-refractivity contribution in [2.24, 2.45) is 0 Å². The lowest BCUT2D eigenvalue weighted by molar-refractivity contribution is 1.55. The number of hydrogen-bond acceptors (Lipinski definition) is 3. The van der Waals surface area contributed by atoms with Crippen molar-refractivity contribution in [1.82, 2.24) is 0 Å². The van der Waals surface area contributed by atoms with Crippen molar-refractivity contribution in [2.45, 2.75) is 4.90 Å². The van der Waals surface area contributed by atoms with Crippen LogP contribution in [0.1, 0.15) is 0 Å². The highest BCUT2D eigenvalue weighted by molar-refractivity contribution is 8.03. The SMILES string of the molecule is N#CSc1ccsc1. The summed E-state index contributed by atoms with van der Waals surface area (Å²) < 4.78 is 0. The van der Waals surface area contributed by atoms with Crippen molar-refractivity contribution in [3.05, 3.63) is 16.8 Å². The van der Waals surface area contributed by atoms with Crippen LogP contribution < -0.4 is 0 Å². The number of rotatable bonds is 1. The van der Waals surface area contributed by atoms with E-state index in [0.29, 0.717) is 0 Å². The third-order valence-electron chi connectivity index (χ3n) is 0.659. The minimum absolute atomic E-state index is 1.04. The smallest absolute Gasteiger partial charge is 0.138 e. The highest BCUT2D eigenvalue weighted by Crippen LogP contribution is 2.18. The van der Waals surface area contributed by atoms with Crippen LogP contribution in [-0.4, -0.2) is 0 Å². The maximum Gasteiger partial charge on any atom is 0.138 e. The van der Waals surface area contributed by atoms with Gasteiger partial charge in [-0.1, -0.05) is 0 Å². The molecule has 1 aromatic heterocycles. The summed E-state index contributed by atoms with van der Waals surface area (Å²) in [5.74, 6) is 0. The van der Waals surface area contributed by atoms with E-state index in [0.717, 1.165) is 4.90 Å². The first-order valence-corrected chi connectivity index (χ1v) is 3.77. The topological polar surface area (TPSA) is 23.8 Å². The quantitative estimate of drug-likeness (QED) is 0.442. The zero-order chi connectivity index (χ0) is 5.82. The van der Waals surface area contributed by atoms with E-state index in [4.69, 9.17) is 5.26 Å². The summed E-state index contributed by atoms with van der Waals surface area (Å²) in [6.45, 7) is 0. The fraction of sp³-hybridized carbons (Fsp3) is 0. The van der Waals surface area contributed by atoms with Gasteiger partial charge in [-0.15, -0.1) is 0 Å². The molecule has 8 heavy (non-hydrogen) atoms. The average molecular weight is 141 g/mol. The predicted octanol–water partition coefficient (Wildman–Crippen LogP) is 2.32. The third-order valence-corrected chi connectivity index (χ3v) is 2.07. The van der Waals surface area contributed by atoms with Gasteiger partial charge >= 0.3 is 0 Å². The van der Waals surface area contributed by atoms with E-state index in [9.17, 15) is 0 Å². The minimum atomic E-state index is 1.04. The Balaban J connectivity index is 2.67. The van der Waals surface area contributed by atoms with Crippen molar-refractivity contribution < 1.29 is 0 Å². The molecular formula is C5H3NS2. The van der Waals surface area contributed by atoms with Crippen molar-refractivity contribution in [3.8, 4) is 5.40 Å². The normalized spacial score (nSPS) is 8.38. The van der Waals surface area contributed by atoms with Gasteiger partial charge in [0.1, 0.15) is 5.40 Å². The summed E-state index contributed by atoms with van der Waals surface area (Å²) >= 11 is 2.81. The van der Waals surface area contributed by atoms with Crippen LogP contribution in [0.5, 0.6) is 0 Å². The summed E-state index contributed by atoms with van der Waals surface area (Å²) in [6.07, 6.45) is 0. The number of nitriles is 1. The highest BCUT2D eigenvalue weighted by atomic mass is 32.2. The van der Waals surface area contributed by atoms with Crippen LogP contribution in [0.25, 0.3) is 0 Å². The number of hydrogen-bond donors (Lipinski definition) is 0. The fourth-order valence-corrected chi connectivity index (χ4v) is 1.57. The molecule has 0 saturated carbocycles. The predicted molar refractivity (Wildman–Crippen MR) is 35.8 cm³/mol. The third kappa shape index (κ3) is 1.25. The molecule has 0 aliphatic carbocycles. The Kier molecular flexibility index (Phi) is 1.95. The summed E-state index contributed by atoms with van der Waals surface area (Å²) in [4.78, 5) is 1.04. The number of thioether (sulfide) groups is 1. The largest absolute Gasteiger partial charge is 0.185 e. The van der Waals surface area contributed by atoms with Crippen LogP contribution in [0.4, 0.5) is 0 Å². The molecule has 0 aliphatic heterocycles. The second kappa shape index (κ2) is 2.75. The maximum atomic E-state index is 8.16. The summed E-state index contributed by atoms with van der Waals surface area (Å²) in [5.41, 5.74) is 0. The van der Waals surface area contributed by atoms with E-state index in [1.807, 2.05) is 22.2 Å². The molecule has 0 unspecified atom stereocenters. The van der Waals surface area contributed by atoms with E-state index in [-0.39, 0.29) is 0 Å². The zero-order valence-corrected chi connectivity index (χ0v) is 5.63. The van der Waals surface area contributed by atoms with Crippen LogP contribution in [0, 0.1) is 10.7 Å². The van der Waals surface area contributed by atoms with E-state index >= 15 is 0 Å². The van der Waals surface area contributed by atoms with Gasteiger partial charge in [0.2, 0.25) is 0 Å². The molecule has 0 fully saturated rings. The number of thiophene rings is 1. The molecule has 0 spiro atoms. The van der Waals surface area contributed by atoms with Gasteiger partial charge in [0.25, 0.3) is 0 Å². The average Bonchev–Trinajstić information content (AvgIpc) is 2.19. The molecule has 1 aromatic rings. The number of thiocyanates is 1. The molecule has 0 amide bonds. The Morgan fingerprint density at radius 1 is 1.75 bits per heavy atom. The lowest BCUT2D eigenvalue weighted by Gasteiger charge is -1.75. The van der Waals surface area contributed by atoms with Crippen LogP contribution in [0.3, 0.4) is 0 Å². The second-order valence-corrected chi connectivity index (χ2v) is 2.79. The summed E-state index contributed by atoms with van der Waals surface area (Å²) in [7, 11) is 0. The van der Waals surface area contributed by atoms with E-state index in [1.165, 1.54) is 11.8 Å². The second-order valence-electron chi connectivity index (χ2n) is 1.15. The lowest BCUT2D eigenvalue weighted by Crippen LogP contribution is -1.50. The molecule has 0 N–H and O–H groups in total. The highest BCUT2D eigenvalue weighted by Gasteiger charge is 1.87. The Hall–Kier alpha value is -0.460. The van der Waals surface area contributed by atoms with Gasteiger partial charge in [-0.05, 0) is 23.2 Å². The monoisotopic (exact) mass is 141 g/mol. The van der Waals surface area contributed by atoms with Gasteiger partial charge in [0, 0.05) is 10.3 Å². The van der Waals surface area contributed by atoms with Crippen molar-refractivity contribution in [1.29, 1.82) is 5.26 Å². The molecule has 40 valence electrons. The van der Waals surface area contributed by atoms with Gasteiger partial charge in [0.05, 0.1) is 0 Å². The Bertz CT molecular complexity index is 185. The van der Waals surface area contributed by atoms with Crippen molar-refractivity contribution in [3.63, 3.8) is 0 Å². The van der Waals surface area contributed by atoms with E-state index in [1.54, 1.807) is 11.3 Å². The van der Waals surface area contributed by atoms with Crippen LogP contribution in [-0.2, 0) is 0 Å². The first-order chi connectivity index (χ1) is 3.93. The van der Waals surface area contributed by atoms with Gasteiger partial charge in [-0.25, -0.2) is 0 Å². The molecule has 0 bridgehead atoms. The molecule has 1 nitrogen and oxygen atoms in total. The summed E-state index contributed by atoms with van der Waals surface area (Å²) in [5, 5.41) is 14.1. The van der Waals surface area contributed by atoms with Crippen LogP contribution >= 0.6 is 23.1 Å². The molecule has 1 rings (SSSR count). The maximum absolute atomic E-state index is 8.16. The molecule has 3 heteroatoms. The van der Waals surface area contributed by atoms with Gasteiger partial charge in [-0.3, -0.25) is 0 Å². The molecule has 0 atom stereocenters. The molecule has 0 aliphatic rings. The summed E-state index contributed by atoms with van der Waals surface area (Å²) in [6, 6.07) is 1.93. The van der Waals surface area contributed by atoms with E-state index in [2.05, 4.69) is 0 Å². The Morgan fingerprint density at radius 3 is 3.12 bits per heavy atom. The molecule has 0 saturated heterocycles. The first-order valence-electron chi connectivity index (χ1n) is 2.01. The fourth-order valence-electron chi connectivity index (χ4n) is 0.363. The standard InChI is InChI=1S/C5H3NS2/c6-4-8-5-1-2-7-3-5/h1-3H. The van der Waals surface area contributed by atoms with Crippen LogP contribution in [0.15, 0.2) is 21.7 Å². The number of nitrogens with zero attached hydrogens (tertiary/aromatic N) is 1. The van der Waals surface area contributed by atoms with Gasteiger partial charge in [-0.2, -0.15) is 16.6 Å². The van der Waals surface area contributed by atoms with Crippen molar-refractivity contribution in [2.75, 3.05) is 0 Å².